The lowest BCUT2D eigenvalue weighted by Crippen LogP contribution is -2.46. The minimum absolute atomic E-state index is 0.0932. The molecule has 0 aliphatic carbocycles. The van der Waals surface area contributed by atoms with E-state index < -0.39 is 5.91 Å². The maximum atomic E-state index is 12.4. The van der Waals surface area contributed by atoms with E-state index in [-0.39, 0.29) is 16.4 Å². The van der Waals surface area contributed by atoms with Gasteiger partial charge in [0.1, 0.15) is 5.75 Å². The van der Waals surface area contributed by atoms with Crippen LogP contribution in [0.25, 0.3) is 10.8 Å². The molecule has 0 spiro atoms. The Morgan fingerprint density at radius 2 is 1.81 bits per heavy atom. The Labute approximate surface area is 159 Å². The van der Waals surface area contributed by atoms with E-state index in [4.69, 9.17) is 17.0 Å². The van der Waals surface area contributed by atoms with Crippen LogP contribution in [0, 0.1) is 0 Å². The number of carbonyl (C=O) groups is 1. The zero-order chi connectivity index (χ0) is 19.2. The molecule has 0 aliphatic heterocycles. The summed E-state index contributed by atoms with van der Waals surface area (Å²) in [6, 6.07) is 14.2. The number of methoxy groups -OCH3 is 1. The molecule has 0 radical (unpaired) electrons. The smallest absolute Gasteiger partial charge is 0.290 e. The minimum Gasteiger partial charge on any atom is -0.497 e. The van der Waals surface area contributed by atoms with Gasteiger partial charge in [-0.15, -0.1) is 0 Å². The number of rotatable bonds is 4. The number of nitrogens with one attached hydrogen (secondary N) is 4. The second-order valence-electron chi connectivity index (χ2n) is 5.56. The van der Waals surface area contributed by atoms with Gasteiger partial charge in [-0.25, -0.2) is 5.10 Å². The predicted molar refractivity (Wildman–Crippen MR) is 105 cm³/mol. The molecule has 3 aromatic rings. The summed E-state index contributed by atoms with van der Waals surface area (Å²) in [5, 5.41) is 10.2. The second kappa shape index (κ2) is 8.28. The summed E-state index contributed by atoms with van der Waals surface area (Å²) in [4.78, 5) is 24.1. The molecule has 3 rings (SSSR count). The summed E-state index contributed by atoms with van der Waals surface area (Å²) >= 11 is 5.15. The van der Waals surface area contributed by atoms with Crippen molar-refractivity contribution in [2.24, 2.45) is 0 Å². The van der Waals surface area contributed by atoms with Crippen LogP contribution in [0.4, 0.5) is 0 Å². The van der Waals surface area contributed by atoms with Crippen LogP contribution in [0.5, 0.6) is 5.75 Å². The number of carbonyl (C=O) groups excluding carboxylic acids is 1. The van der Waals surface area contributed by atoms with Gasteiger partial charge >= 0.3 is 0 Å². The number of fused-ring (bicyclic) bond motifs is 1. The average molecular weight is 383 g/mol. The molecule has 0 aliphatic rings. The summed E-state index contributed by atoms with van der Waals surface area (Å²) < 4.78 is 5.11. The number of thiocarbonyl (C=S) groups is 1. The van der Waals surface area contributed by atoms with Crippen molar-refractivity contribution in [3.63, 3.8) is 0 Å². The molecular weight excluding hydrogens is 366 g/mol. The SMILES string of the molecule is COc1ccc(CNC(=S)NNC(=O)c2n[nH]c(=O)c3ccccc23)cc1. The van der Waals surface area contributed by atoms with Crippen molar-refractivity contribution in [2.75, 3.05) is 7.11 Å². The summed E-state index contributed by atoms with van der Waals surface area (Å²) in [5.74, 6) is 0.253. The van der Waals surface area contributed by atoms with Crippen molar-refractivity contribution in [3.05, 3.63) is 70.1 Å². The zero-order valence-corrected chi connectivity index (χ0v) is 15.2. The van der Waals surface area contributed by atoms with Gasteiger partial charge in [0.15, 0.2) is 10.8 Å². The first-order valence-corrected chi connectivity index (χ1v) is 8.44. The van der Waals surface area contributed by atoms with Gasteiger partial charge < -0.3 is 10.1 Å². The van der Waals surface area contributed by atoms with E-state index in [1.165, 1.54) is 0 Å². The molecule has 1 amide bonds. The average Bonchev–Trinajstić information content (AvgIpc) is 2.71. The lowest BCUT2D eigenvalue weighted by atomic mass is 10.1. The number of nitrogens with zero attached hydrogens (tertiary/aromatic N) is 1. The maximum absolute atomic E-state index is 12.4. The Kier molecular flexibility index (Phi) is 5.62. The standard InChI is InChI=1S/C18H17N5O3S/c1-26-12-8-6-11(7-9-12)10-19-18(27)23-22-17(25)15-13-4-2-3-5-14(13)16(24)21-20-15/h2-9H,10H2,1H3,(H,21,24)(H,22,25)(H2,19,23,27). The lowest BCUT2D eigenvalue weighted by Gasteiger charge is -2.12. The first kappa shape index (κ1) is 18.3. The van der Waals surface area contributed by atoms with Crippen molar-refractivity contribution in [3.8, 4) is 5.75 Å². The molecule has 1 heterocycles. The van der Waals surface area contributed by atoms with E-state index in [1.807, 2.05) is 24.3 Å². The van der Waals surface area contributed by atoms with Crippen LogP contribution in [-0.4, -0.2) is 28.3 Å². The number of H-pyrrole nitrogens is 1. The number of amides is 1. The summed E-state index contributed by atoms with van der Waals surface area (Å²) in [5.41, 5.74) is 5.82. The van der Waals surface area contributed by atoms with Gasteiger partial charge in [-0.2, -0.15) is 5.10 Å². The number of hydrogen-bond acceptors (Lipinski definition) is 5. The summed E-state index contributed by atoms with van der Waals surface area (Å²) in [6.07, 6.45) is 0. The van der Waals surface area contributed by atoms with E-state index in [0.717, 1.165) is 11.3 Å². The third-order valence-corrected chi connectivity index (χ3v) is 4.06. The molecule has 8 nitrogen and oxygen atoms in total. The first-order valence-electron chi connectivity index (χ1n) is 8.03. The van der Waals surface area contributed by atoms with Gasteiger partial charge in [0, 0.05) is 11.9 Å². The Morgan fingerprint density at radius 1 is 1.11 bits per heavy atom. The number of benzene rings is 2. The van der Waals surface area contributed by atoms with Gasteiger partial charge in [-0.05, 0) is 36.0 Å². The van der Waals surface area contributed by atoms with Crippen LogP contribution >= 0.6 is 12.2 Å². The van der Waals surface area contributed by atoms with Gasteiger partial charge in [-0.1, -0.05) is 30.3 Å². The minimum atomic E-state index is -0.518. The van der Waals surface area contributed by atoms with Gasteiger partial charge in [0.2, 0.25) is 0 Å². The summed E-state index contributed by atoms with van der Waals surface area (Å²) in [6.45, 7) is 0.478. The van der Waals surface area contributed by atoms with E-state index in [2.05, 4.69) is 26.4 Å². The number of hydrogen-bond donors (Lipinski definition) is 4. The van der Waals surface area contributed by atoms with E-state index in [0.29, 0.717) is 17.3 Å². The van der Waals surface area contributed by atoms with Crippen molar-refractivity contribution in [1.29, 1.82) is 0 Å². The Balaban J connectivity index is 1.58. The van der Waals surface area contributed by atoms with Gasteiger partial charge in [0.25, 0.3) is 11.5 Å². The monoisotopic (exact) mass is 383 g/mol. The van der Waals surface area contributed by atoms with E-state index in [9.17, 15) is 9.59 Å². The number of hydrazine groups is 1. The van der Waals surface area contributed by atoms with E-state index >= 15 is 0 Å². The number of aromatic amines is 1. The zero-order valence-electron chi connectivity index (χ0n) is 14.4. The van der Waals surface area contributed by atoms with Crippen molar-refractivity contribution < 1.29 is 9.53 Å². The molecule has 9 heteroatoms. The molecule has 4 N–H and O–H groups in total. The number of aromatic nitrogens is 2. The highest BCUT2D eigenvalue weighted by Crippen LogP contribution is 2.12. The van der Waals surface area contributed by atoms with Gasteiger partial charge in [-0.3, -0.25) is 20.4 Å². The predicted octanol–water partition coefficient (Wildman–Crippen LogP) is 1.24. The fraction of sp³-hybridized carbons (Fsp3) is 0.111. The first-order chi connectivity index (χ1) is 13.1. The quantitative estimate of drug-likeness (QED) is 0.397. The molecule has 0 bridgehead atoms. The maximum Gasteiger partial charge on any atom is 0.290 e. The molecule has 138 valence electrons. The lowest BCUT2D eigenvalue weighted by molar-refractivity contribution is 0.0939. The molecule has 0 saturated heterocycles. The number of ether oxygens (including phenoxy) is 1. The van der Waals surface area contributed by atoms with E-state index in [1.54, 1.807) is 31.4 Å². The Morgan fingerprint density at radius 3 is 2.52 bits per heavy atom. The van der Waals surface area contributed by atoms with Crippen LogP contribution in [0.15, 0.2) is 53.3 Å². The highest BCUT2D eigenvalue weighted by atomic mass is 32.1. The highest BCUT2D eigenvalue weighted by molar-refractivity contribution is 7.80. The van der Waals surface area contributed by atoms with Crippen molar-refractivity contribution >= 4 is 34.0 Å². The normalized spacial score (nSPS) is 10.3. The molecule has 27 heavy (non-hydrogen) atoms. The van der Waals surface area contributed by atoms with Crippen molar-refractivity contribution in [1.82, 2.24) is 26.4 Å². The largest absolute Gasteiger partial charge is 0.497 e. The molecule has 0 fully saturated rings. The van der Waals surface area contributed by atoms with Crippen LogP contribution in [0.1, 0.15) is 16.1 Å². The summed E-state index contributed by atoms with van der Waals surface area (Å²) in [7, 11) is 1.61. The van der Waals surface area contributed by atoms with Crippen LogP contribution in [-0.2, 0) is 6.54 Å². The van der Waals surface area contributed by atoms with Crippen LogP contribution in [0.3, 0.4) is 0 Å². The Bertz CT molecular complexity index is 1030. The third kappa shape index (κ3) is 4.39. The van der Waals surface area contributed by atoms with Gasteiger partial charge in [0.05, 0.1) is 12.5 Å². The molecule has 0 saturated carbocycles. The van der Waals surface area contributed by atoms with Crippen LogP contribution < -0.4 is 26.5 Å². The Hall–Kier alpha value is -3.46. The van der Waals surface area contributed by atoms with Crippen LogP contribution in [0.2, 0.25) is 0 Å². The fourth-order valence-electron chi connectivity index (χ4n) is 2.43. The topological polar surface area (TPSA) is 108 Å². The van der Waals surface area contributed by atoms with Crippen molar-refractivity contribution in [2.45, 2.75) is 6.54 Å². The molecule has 0 atom stereocenters. The molecule has 1 aromatic heterocycles. The third-order valence-electron chi connectivity index (χ3n) is 3.81. The molecule has 2 aromatic carbocycles. The molecular formula is C18H17N5O3S. The highest BCUT2D eigenvalue weighted by Gasteiger charge is 2.13. The fourth-order valence-corrected chi connectivity index (χ4v) is 2.55. The molecule has 0 unspecified atom stereocenters. The second-order valence-corrected chi connectivity index (χ2v) is 5.97.